The number of para-hydroxylation sites is 1. The quantitative estimate of drug-likeness (QED) is 0.840. The highest BCUT2D eigenvalue weighted by Crippen LogP contribution is 2.22. The summed E-state index contributed by atoms with van der Waals surface area (Å²) >= 11 is 0. The molecule has 0 aromatic heterocycles. The molecule has 0 aliphatic carbocycles. The summed E-state index contributed by atoms with van der Waals surface area (Å²) in [5.74, 6) is -0.323. The molecule has 1 N–H and O–H groups in total. The van der Waals surface area contributed by atoms with E-state index in [-0.39, 0.29) is 29.9 Å². The topological polar surface area (TPSA) is 79.0 Å². The molecular weight excluding hydrogens is 322 g/mol. The van der Waals surface area contributed by atoms with E-state index < -0.39 is 0 Å². The molecule has 0 unspecified atom stereocenters. The number of hydrogen-bond acceptors (Lipinski definition) is 4. The summed E-state index contributed by atoms with van der Waals surface area (Å²) in [7, 11) is 1.39. The molecule has 3 rings (SSSR count). The monoisotopic (exact) mass is 345 g/mol. The summed E-state index contributed by atoms with van der Waals surface area (Å²) < 4.78 is 4.76. The van der Waals surface area contributed by atoms with Crippen LogP contribution in [-0.4, -0.2) is 55.6 Å². The molecule has 1 aromatic rings. The predicted molar refractivity (Wildman–Crippen MR) is 92.0 cm³/mol. The molecule has 7 nitrogen and oxygen atoms in total. The average Bonchev–Trinajstić information content (AvgIpc) is 3.02. The number of nitrogens with zero attached hydrogens (tertiary/aromatic N) is 2. The molecule has 2 fully saturated rings. The van der Waals surface area contributed by atoms with E-state index in [4.69, 9.17) is 4.74 Å². The van der Waals surface area contributed by atoms with Crippen molar-refractivity contribution in [1.82, 2.24) is 10.2 Å². The Hall–Kier alpha value is -2.57. The first kappa shape index (κ1) is 17.3. The van der Waals surface area contributed by atoms with Gasteiger partial charge in [0.15, 0.2) is 0 Å². The minimum atomic E-state index is -0.208. The van der Waals surface area contributed by atoms with Crippen LogP contribution in [0.3, 0.4) is 0 Å². The van der Waals surface area contributed by atoms with Crippen molar-refractivity contribution in [2.45, 2.75) is 25.3 Å². The Kier molecular flexibility index (Phi) is 5.21. The van der Waals surface area contributed by atoms with Crippen molar-refractivity contribution in [2.75, 3.05) is 31.6 Å². The van der Waals surface area contributed by atoms with Gasteiger partial charge in [-0.15, -0.1) is 0 Å². The Bertz CT molecular complexity index is 641. The normalized spacial score (nSPS) is 21.3. The number of carbonyl (C=O) groups is 3. The first-order chi connectivity index (χ1) is 12.1. The number of piperidine rings is 1. The fourth-order valence-corrected chi connectivity index (χ4v) is 3.41. The van der Waals surface area contributed by atoms with E-state index in [9.17, 15) is 14.4 Å². The molecule has 1 atom stereocenters. The van der Waals surface area contributed by atoms with Crippen LogP contribution in [0, 0.1) is 5.92 Å². The third-order valence-corrected chi connectivity index (χ3v) is 4.84. The Labute approximate surface area is 146 Å². The standard InChI is InChI=1S/C18H23N3O4/c1-25-17(23)13-7-9-20(10-8-13)18(24)19-14-11-16(22)21(12-14)15-5-3-2-4-6-15/h2-6,13-14H,7-12H2,1H3,(H,19,24)/t14-/m1/s1. The van der Waals surface area contributed by atoms with Crippen LogP contribution in [0.2, 0.25) is 0 Å². The van der Waals surface area contributed by atoms with Crippen molar-refractivity contribution in [3.05, 3.63) is 30.3 Å². The molecule has 3 amide bonds. The van der Waals surface area contributed by atoms with Crippen molar-refractivity contribution >= 4 is 23.6 Å². The van der Waals surface area contributed by atoms with Crippen LogP contribution in [0.1, 0.15) is 19.3 Å². The third-order valence-electron chi connectivity index (χ3n) is 4.84. The maximum absolute atomic E-state index is 12.4. The Morgan fingerprint density at radius 1 is 1.16 bits per heavy atom. The van der Waals surface area contributed by atoms with Crippen molar-refractivity contribution in [2.24, 2.45) is 5.92 Å². The van der Waals surface area contributed by atoms with E-state index in [1.807, 2.05) is 30.3 Å². The van der Waals surface area contributed by atoms with Gasteiger partial charge in [-0.25, -0.2) is 4.79 Å². The molecule has 134 valence electrons. The minimum absolute atomic E-state index is 0.0147. The molecule has 0 saturated carbocycles. The van der Waals surface area contributed by atoms with Crippen LogP contribution >= 0.6 is 0 Å². The maximum atomic E-state index is 12.4. The first-order valence-corrected chi connectivity index (χ1v) is 8.57. The number of urea groups is 1. The second-order valence-electron chi connectivity index (χ2n) is 6.47. The molecule has 2 saturated heterocycles. The van der Waals surface area contributed by atoms with Gasteiger partial charge in [0.1, 0.15) is 0 Å². The number of esters is 1. The summed E-state index contributed by atoms with van der Waals surface area (Å²) in [5.41, 5.74) is 0.850. The van der Waals surface area contributed by atoms with Gasteiger partial charge in [0.2, 0.25) is 5.91 Å². The Balaban J connectivity index is 1.51. The predicted octanol–water partition coefficient (Wildman–Crippen LogP) is 1.39. The molecule has 25 heavy (non-hydrogen) atoms. The van der Waals surface area contributed by atoms with Crippen molar-refractivity contribution in [3.63, 3.8) is 0 Å². The van der Waals surface area contributed by atoms with E-state index in [0.29, 0.717) is 38.9 Å². The molecule has 0 radical (unpaired) electrons. The number of carbonyl (C=O) groups excluding carboxylic acids is 3. The molecular formula is C18H23N3O4. The Morgan fingerprint density at radius 3 is 2.48 bits per heavy atom. The average molecular weight is 345 g/mol. The van der Waals surface area contributed by atoms with Crippen molar-refractivity contribution < 1.29 is 19.1 Å². The van der Waals surface area contributed by atoms with Gasteiger partial charge in [-0.1, -0.05) is 18.2 Å². The van der Waals surface area contributed by atoms with Gasteiger partial charge >= 0.3 is 12.0 Å². The van der Waals surface area contributed by atoms with Crippen LogP contribution in [0.25, 0.3) is 0 Å². The van der Waals surface area contributed by atoms with Crippen LogP contribution in [-0.2, 0) is 14.3 Å². The van der Waals surface area contributed by atoms with Crippen molar-refractivity contribution in [1.29, 1.82) is 0 Å². The van der Waals surface area contributed by atoms with Gasteiger partial charge in [-0.3, -0.25) is 9.59 Å². The van der Waals surface area contributed by atoms with E-state index in [0.717, 1.165) is 5.69 Å². The van der Waals surface area contributed by atoms with E-state index >= 15 is 0 Å². The number of nitrogens with one attached hydrogen (secondary N) is 1. The summed E-state index contributed by atoms with van der Waals surface area (Å²) in [5, 5.41) is 2.95. The largest absolute Gasteiger partial charge is 0.469 e. The van der Waals surface area contributed by atoms with Gasteiger partial charge < -0.3 is 19.9 Å². The SMILES string of the molecule is COC(=O)C1CCN(C(=O)N[C@@H]2CC(=O)N(c3ccccc3)C2)CC1. The van der Waals surface area contributed by atoms with Crippen molar-refractivity contribution in [3.8, 4) is 0 Å². The third kappa shape index (κ3) is 3.92. The van der Waals surface area contributed by atoms with Gasteiger partial charge in [0, 0.05) is 31.7 Å². The van der Waals surface area contributed by atoms with Gasteiger partial charge in [-0.2, -0.15) is 0 Å². The smallest absolute Gasteiger partial charge is 0.317 e. The fraction of sp³-hybridized carbons (Fsp3) is 0.500. The van der Waals surface area contributed by atoms with Crippen LogP contribution < -0.4 is 10.2 Å². The highest BCUT2D eigenvalue weighted by Gasteiger charge is 2.34. The number of benzene rings is 1. The lowest BCUT2D eigenvalue weighted by Gasteiger charge is -2.31. The zero-order valence-corrected chi connectivity index (χ0v) is 14.3. The molecule has 1 aromatic carbocycles. The number of amides is 3. The van der Waals surface area contributed by atoms with Crippen LogP contribution in [0.5, 0.6) is 0 Å². The maximum Gasteiger partial charge on any atom is 0.317 e. The number of hydrogen-bond donors (Lipinski definition) is 1. The number of rotatable bonds is 3. The second kappa shape index (κ2) is 7.55. The number of ether oxygens (including phenoxy) is 1. The van der Waals surface area contributed by atoms with E-state index in [2.05, 4.69) is 5.32 Å². The first-order valence-electron chi connectivity index (χ1n) is 8.57. The lowest BCUT2D eigenvalue weighted by atomic mass is 9.97. The molecule has 2 aliphatic heterocycles. The summed E-state index contributed by atoms with van der Waals surface area (Å²) in [6.45, 7) is 1.52. The van der Waals surface area contributed by atoms with Crippen LogP contribution in [0.4, 0.5) is 10.5 Å². The zero-order valence-electron chi connectivity index (χ0n) is 14.3. The fourth-order valence-electron chi connectivity index (χ4n) is 3.41. The van der Waals surface area contributed by atoms with Gasteiger partial charge in [0.05, 0.1) is 19.1 Å². The highest BCUT2D eigenvalue weighted by atomic mass is 16.5. The minimum Gasteiger partial charge on any atom is -0.469 e. The van der Waals surface area contributed by atoms with Gasteiger partial charge in [0.25, 0.3) is 0 Å². The molecule has 0 spiro atoms. The zero-order chi connectivity index (χ0) is 17.8. The summed E-state index contributed by atoms with van der Waals surface area (Å²) in [6, 6.07) is 9.09. The van der Waals surface area contributed by atoms with E-state index in [1.165, 1.54) is 7.11 Å². The Morgan fingerprint density at radius 2 is 1.84 bits per heavy atom. The summed E-state index contributed by atoms with van der Waals surface area (Å²) in [6.07, 6.45) is 1.53. The molecule has 2 heterocycles. The number of likely N-dealkylation sites (tertiary alicyclic amines) is 1. The summed E-state index contributed by atoms with van der Waals surface area (Å²) in [4.78, 5) is 39.6. The number of anilines is 1. The molecule has 2 aliphatic rings. The molecule has 0 bridgehead atoms. The highest BCUT2D eigenvalue weighted by molar-refractivity contribution is 5.96. The molecule has 7 heteroatoms. The van der Waals surface area contributed by atoms with Crippen LogP contribution in [0.15, 0.2) is 30.3 Å². The second-order valence-corrected chi connectivity index (χ2v) is 6.47. The van der Waals surface area contributed by atoms with E-state index in [1.54, 1.807) is 9.80 Å². The van der Waals surface area contributed by atoms with Gasteiger partial charge in [-0.05, 0) is 25.0 Å². The lowest BCUT2D eigenvalue weighted by Crippen LogP contribution is -2.49. The lowest BCUT2D eigenvalue weighted by molar-refractivity contribution is -0.146. The number of methoxy groups -OCH3 is 1.